The number of halogens is 2. The first-order chi connectivity index (χ1) is 17.4. The van der Waals surface area contributed by atoms with E-state index >= 15 is 0 Å². The van der Waals surface area contributed by atoms with Crippen molar-refractivity contribution in [3.05, 3.63) is 81.8 Å². The van der Waals surface area contributed by atoms with Crippen LogP contribution >= 0.6 is 39.3 Å². The Kier molecular flexibility index (Phi) is 8.56. The van der Waals surface area contributed by atoms with Gasteiger partial charge in [-0.15, -0.1) is 0 Å². The van der Waals surface area contributed by atoms with Gasteiger partial charge in [-0.05, 0) is 66.2 Å². The second kappa shape index (κ2) is 11.8. The van der Waals surface area contributed by atoms with E-state index in [-0.39, 0.29) is 24.8 Å². The molecule has 7 nitrogen and oxygen atoms in total. The molecule has 1 saturated heterocycles. The average Bonchev–Trinajstić information content (AvgIpc) is 2.88. The summed E-state index contributed by atoms with van der Waals surface area (Å²) in [6.45, 7) is 0.264. The Labute approximate surface area is 227 Å². The fourth-order valence-electron chi connectivity index (χ4n) is 3.54. The molecule has 0 aromatic heterocycles. The lowest BCUT2D eigenvalue weighted by Gasteiger charge is -2.32. The summed E-state index contributed by atoms with van der Waals surface area (Å²) >= 11 is 10.7. The molecule has 1 aliphatic rings. The maximum absolute atomic E-state index is 13.3. The first kappa shape index (κ1) is 26.1. The minimum absolute atomic E-state index is 0.0416. The van der Waals surface area contributed by atoms with Crippen LogP contribution in [0.1, 0.15) is 12.0 Å². The SMILES string of the molecule is COc1ccc(CN2C(=O)CC(C(=O)Nc3ccc(Br)cc3)SC2=Nc2ccc(Cl)cc2)cc1OC. The molecule has 4 rings (SSSR count). The maximum Gasteiger partial charge on any atom is 0.238 e. The maximum atomic E-state index is 13.3. The van der Waals surface area contributed by atoms with Crippen molar-refractivity contribution in [3.63, 3.8) is 0 Å². The van der Waals surface area contributed by atoms with Gasteiger partial charge in [-0.1, -0.05) is 45.4 Å². The largest absolute Gasteiger partial charge is 0.493 e. The summed E-state index contributed by atoms with van der Waals surface area (Å²) < 4.78 is 11.6. The van der Waals surface area contributed by atoms with Crippen LogP contribution in [0.15, 0.2) is 76.2 Å². The summed E-state index contributed by atoms with van der Waals surface area (Å²) in [7, 11) is 3.13. The number of hydrogen-bond donors (Lipinski definition) is 1. The fourth-order valence-corrected chi connectivity index (χ4v) is 5.03. The van der Waals surface area contributed by atoms with Gasteiger partial charge in [0.1, 0.15) is 5.25 Å². The lowest BCUT2D eigenvalue weighted by molar-refractivity contribution is -0.129. The molecule has 3 aromatic carbocycles. The van der Waals surface area contributed by atoms with Gasteiger partial charge in [-0.2, -0.15) is 0 Å². The number of anilines is 1. The zero-order valence-electron chi connectivity index (χ0n) is 19.5. The highest BCUT2D eigenvalue weighted by molar-refractivity contribution is 9.10. The van der Waals surface area contributed by atoms with E-state index < -0.39 is 5.25 Å². The summed E-state index contributed by atoms with van der Waals surface area (Å²) in [5.74, 6) is 0.702. The Balaban J connectivity index is 1.61. The molecule has 10 heteroatoms. The summed E-state index contributed by atoms with van der Waals surface area (Å²) in [5, 5.41) is 3.27. The number of nitrogens with one attached hydrogen (secondary N) is 1. The van der Waals surface area contributed by atoms with Crippen LogP contribution in [0.3, 0.4) is 0 Å². The Morgan fingerprint density at radius 3 is 2.44 bits per heavy atom. The van der Waals surface area contributed by atoms with Crippen LogP contribution in [0.2, 0.25) is 5.02 Å². The molecule has 0 spiro atoms. The Morgan fingerprint density at radius 2 is 1.78 bits per heavy atom. The molecule has 1 atom stereocenters. The third-order valence-corrected chi connectivity index (χ3v) is 7.35. The van der Waals surface area contributed by atoms with Crippen molar-refractivity contribution in [2.75, 3.05) is 19.5 Å². The minimum atomic E-state index is -0.631. The Hall–Kier alpha value is -3.01. The molecule has 1 N–H and O–H groups in total. The van der Waals surface area contributed by atoms with Crippen LogP contribution < -0.4 is 14.8 Å². The lowest BCUT2D eigenvalue weighted by atomic mass is 10.1. The second-order valence-electron chi connectivity index (χ2n) is 7.85. The van der Waals surface area contributed by atoms with Crippen molar-refractivity contribution < 1.29 is 19.1 Å². The number of aliphatic imine (C=N–C) groups is 1. The average molecular weight is 589 g/mol. The van der Waals surface area contributed by atoms with Gasteiger partial charge in [0.25, 0.3) is 0 Å². The number of nitrogens with zero attached hydrogens (tertiary/aromatic N) is 2. The van der Waals surface area contributed by atoms with E-state index in [0.717, 1.165) is 10.0 Å². The van der Waals surface area contributed by atoms with E-state index in [0.29, 0.717) is 33.1 Å². The molecule has 1 fully saturated rings. The van der Waals surface area contributed by atoms with Crippen molar-refractivity contribution in [1.29, 1.82) is 0 Å². The number of rotatable bonds is 7. The molecule has 3 aromatic rings. The number of carbonyl (C=O) groups is 2. The lowest BCUT2D eigenvalue weighted by Crippen LogP contribution is -2.44. The number of methoxy groups -OCH3 is 2. The molecule has 186 valence electrons. The number of benzene rings is 3. The molecule has 2 amide bonds. The van der Waals surface area contributed by atoms with Gasteiger partial charge in [-0.3, -0.25) is 14.5 Å². The number of hydrogen-bond acceptors (Lipinski definition) is 6. The quantitative estimate of drug-likeness (QED) is 0.351. The molecule has 1 unspecified atom stereocenters. The van der Waals surface area contributed by atoms with Crippen molar-refractivity contribution >= 4 is 67.6 Å². The first-order valence-corrected chi connectivity index (χ1v) is 13.0. The van der Waals surface area contributed by atoms with Gasteiger partial charge in [-0.25, -0.2) is 4.99 Å². The predicted molar refractivity (Wildman–Crippen MR) is 147 cm³/mol. The predicted octanol–water partition coefficient (Wildman–Crippen LogP) is 6.28. The van der Waals surface area contributed by atoms with E-state index in [1.54, 1.807) is 61.6 Å². The zero-order chi connectivity index (χ0) is 25.7. The highest BCUT2D eigenvalue weighted by Gasteiger charge is 2.36. The van der Waals surface area contributed by atoms with Gasteiger partial charge in [0.2, 0.25) is 11.8 Å². The summed E-state index contributed by atoms with van der Waals surface area (Å²) in [6, 6.07) is 19.7. The molecule has 0 aliphatic carbocycles. The number of carbonyl (C=O) groups excluding carboxylic acids is 2. The fraction of sp³-hybridized carbons (Fsp3) is 0.192. The van der Waals surface area contributed by atoms with Crippen LogP contribution in [-0.4, -0.2) is 41.4 Å². The third-order valence-electron chi connectivity index (χ3n) is 5.38. The van der Waals surface area contributed by atoms with Gasteiger partial charge >= 0.3 is 0 Å². The van der Waals surface area contributed by atoms with Crippen LogP contribution in [-0.2, 0) is 16.1 Å². The molecule has 0 saturated carbocycles. The number of ether oxygens (including phenoxy) is 2. The van der Waals surface area contributed by atoms with Gasteiger partial charge in [0, 0.05) is 21.6 Å². The highest BCUT2D eigenvalue weighted by Crippen LogP contribution is 2.33. The standard InChI is InChI=1S/C26H23BrClN3O4S/c1-34-21-12-3-16(13-22(21)35-2)15-31-24(32)14-23(25(33)29-19-8-4-17(27)5-9-19)36-26(31)30-20-10-6-18(28)7-11-20/h3-13,23H,14-15H2,1-2H3,(H,29,33). The Morgan fingerprint density at radius 1 is 1.08 bits per heavy atom. The molecule has 36 heavy (non-hydrogen) atoms. The van der Waals surface area contributed by atoms with Crippen LogP contribution in [0, 0.1) is 0 Å². The van der Waals surface area contributed by atoms with Crippen molar-refractivity contribution in [2.24, 2.45) is 4.99 Å². The minimum Gasteiger partial charge on any atom is -0.493 e. The molecular weight excluding hydrogens is 566 g/mol. The van der Waals surface area contributed by atoms with Crippen LogP contribution in [0.25, 0.3) is 0 Å². The topological polar surface area (TPSA) is 80.2 Å². The normalized spacial score (nSPS) is 16.7. The summed E-state index contributed by atoms with van der Waals surface area (Å²) in [6.07, 6.45) is 0.0416. The smallest absolute Gasteiger partial charge is 0.238 e. The Bertz CT molecular complexity index is 1290. The number of amidine groups is 1. The summed E-state index contributed by atoms with van der Waals surface area (Å²) in [5.41, 5.74) is 2.12. The summed E-state index contributed by atoms with van der Waals surface area (Å²) in [4.78, 5) is 32.6. The van der Waals surface area contributed by atoms with Crippen LogP contribution in [0.4, 0.5) is 11.4 Å². The van der Waals surface area contributed by atoms with Crippen LogP contribution in [0.5, 0.6) is 11.5 Å². The van der Waals surface area contributed by atoms with Crippen molar-refractivity contribution in [1.82, 2.24) is 4.90 Å². The third kappa shape index (κ3) is 6.40. The van der Waals surface area contributed by atoms with Crippen molar-refractivity contribution in [2.45, 2.75) is 18.2 Å². The second-order valence-corrected chi connectivity index (χ2v) is 10.4. The number of thioether (sulfide) groups is 1. The molecule has 1 aliphatic heterocycles. The van der Waals surface area contributed by atoms with Gasteiger partial charge in [0.15, 0.2) is 16.7 Å². The van der Waals surface area contributed by atoms with Crippen molar-refractivity contribution in [3.8, 4) is 11.5 Å². The number of amides is 2. The van der Waals surface area contributed by atoms with E-state index in [2.05, 4.69) is 21.2 Å². The van der Waals surface area contributed by atoms with E-state index in [4.69, 9.17) is 26.1 Å². The molecular formula is C26H23BrClN3O4S. The van der Waals surface area contributed by atoms with E-state index in [9.17, 15) is 9.59 Å². The van der Waals surface area contributed by atoms with E-state index in [1.807, 2.05) is 24.3 Å². The molecule has 1 heterocycles. The van der Waals surface area contributed by atoms with Gasteiger partial charge in [0.05, 0.1) is 26.5 Å². The first-order valence-electron chi connectivity index (χ1n) is 10.9. The molecule has 0 radical (unpaired) electrons. The zero-order valence-corrected chi connectivity index (χ0v) is 22.7. The van der Waals surface area contributed by atoms with E-state index in [1.165, 1.54) is 11.8 Å². The van der Waals surface area contributed by atoms with Gasteiger partial charge < -0.3 is 14.8 Å². The highest BCUT2D eigenvalue weighted by atomic mass is 79.9. The monoisotopic (exact) mass is 587 g/mol. The molecule has 0 bridgehead atoms.